The molecule has 168 valence electrons. The van der Waals surface area contributed by atoms with E-state index in [2.05, 4.69) is 51.6 Å². The van der Waals surface area contributed by atoms with Crippen molar-refractivity contribution in [1.29, 1.82) is 0 Å². The molecule has 1 aliphatic rings. The summed E-state index contributed by atoms with van der Waals surface area (Å²) in [6.07, 6.45) is 2.30. The Kier molecular flexibility index (Phi) is 6.84. The third kappa shape index (κ3) is 4.83. The van der Waals surface area contributed by atoms with Crippen LogP contribution < -0.4 is 19.7 Å². The van der Waals surface area contributed by atoms with Gasteiger partial charge < -0.3 is 19.7 Å². The number of aromatic nitrogens is 3. The second kappa shape index (κ2) is 9.95. The number of carbonyl (C=O) groups is 1. The van der Waals surface area contributed by atoms with E-state index < -0.39 is 0 Å². The van der Waals surface area contributed by atoms with Gasteiger partial charge >= 0.3 is 0 Å². The standard InChI is InChI=1S/C23H27N5O3S/c1-16-6-8-17(9-7-16)28-22(27-12-4-5-13-27)25-26-23(28)32-15-21(29)24-19-11-10-18(30-2)14-20(19)31-3/h6-11,14H,4-5,12-13,15H2,1-3H3,(H,24,29). The van der Waals surface area contributed by atoms with Crippen molar-refractivity contribution >= 4 is 29.3 Å². The number of thioether (sulfide) groups is 1. The van der Waals surface area contributed by atoms with Crippen LogP contribution in [0.4, 0.5) is 11.6 Å². The molecule has 1 N–H and O–H groups in total. The minimum absolute atomic E-state index is 0.153. The number of rotatable bonds is 8. The number of hydrogen-bond donors (Lipinski definition) is 1. The van der Waals surface area contributed by atoms with Crippen LogP contribution in [0.1, 0.15) is 18.4 Å². The summed E-state index contributed by atoms with van der Waals surface area (Å²) in [7, 11) is 3.15. The number of methoxy groups -OCH3 is 2. The van der Waals surface area contributed by atoms with Gasteiger partial charge in [0, 0.05) is 19.2 Å². The van der Waals surface area contributed by atoms with Crippen LogP contribution in [0.3, 0.4) is 0 Å². The molecule has 2 aromatic carbocycles. The Bertz CT molecular complexity index is 1080. The average molecular weight is 454 g/mol. The molecule has 32 heavy (non-hydrogen) atoms. The van der Waals surface area contributed by atoms with Gasteiger partial charge in [0.15, 0.2) is 5.16 Å². The van der Waals surface area contributed by atoms with Gasteiger partial charge in [-0.15, -0.1) is 10.2 Å². The first-order chi connectivity index (χ1) is 15.6. The number of amides is 1. The summed E-state index contributed by atoms with van der Waals surface area (Å²) in [6, 6.07) is 13.5. The average Bonchev–Trinajstić information content (AvgIpc) is 3.48. The van der Waals surface area contributed by atoms with Crippen LogP contribution in [0.25, 0.3) is 5.69 Å². The second-order valence-corrected chi connectivity index (χ2v) is 8.49. The van der Waals surface area contributed by atoms with Gasteiger partial charge in [0.2, 0.25) is 11.9 Å². The smallest absolute Gasteiger partial charge is 0.234 e. The lowest BCUT2D eigenvalue weighted by Crippen LogP contribution is -2.22. The summed E-state index contributed by atoms with van der Waals surface area (Å²) < 4.78 is 12.6. The molecule has 9 heteroatoms. The molecule has 0 bridgehead atoms. The predicted octanol–water partition coefficient (Wildman–Crippen LogP) is 3.92. The van der Waals surface area contributed by atoms with Gasteiger partial charge in [-0.25, -0.2) is 0 Å². The zero-order chi connectivity index (χ0) is 22.5. The molecule has 1 aromatic heterocycles. The Morgan fingerprint density at radius 3 is 2.50 bits per heavy atom. The maximum absolute atomic E-state index is 12.7. The van der Waals surface area contributed by atoms with Gasteiger partial charge in [0.1, 0.15) is 11.5 Å². The van der Waals surface area contributed by atoms with Crippen molar-refractivity contribution < 1.29 is 14.3 Å². The fraction of sp³-hybridized carbons (Fsp3) is 0.348. The zero-order valence-corrected chi connectivity index (χ0v) is 19.3. The molecule has 4 rings (SSSR count). The van der Waals surface area contributed by atoms with Gasteiger partial charge in [-0.3, -0.25) is 9.36 Å². The zero-order valence-electron chi connectivity index (χ0n) is 18.5. The molecule has 1 amide bonds. The van der Waals surface area contributed by atoms with Crippen molar-refractivity contribution in [3.63, 3.8) is 0 Å². The van der Waals surface area contributed by atoms with E-state index in [9.17, 15) is 4.79 Å². The summed E-state index contributed by atoms with van der Waals surface area (Å²) in [4.78, 5) is 14.9. The summed E-state index contributed by atoms with van der Waals surface area (Å²) in [5.74, 6) is 2.07. The molecule has 0 atom stereocenters. The molecule has 0 unspecified atom stereocenters. The third-order valence-electron chi connectivity index (χ3n) is 5.31. The Morgan fingerprint density at radius 2 is 1.81 bits per heavy atom. The van der Waals surface area contributed by atoms with Crippen molar-refractivity contribution in [2.75, 3.05) is 43.3 Å². The number of carbonyl (C=O) groups excluding carboxylic acids is 1. The van der Waals surface area contributed by atoms with Crippen LogP contribution in [-0.4, -0.2) is 53.7 Å². The maximum atomic E-state index is 12.7. The number of ether oxygens (including phenoxy) is 2. The van der Waals surface area contributed by atoms with Crippen molar-refractivity contribution in [3.8, 4) is 17.2 Å². The predicted molar refractivity (Wildman–Crippen MR) is 126 cm³/mol. The van der Waals surface area contributed by atoms with Gasteiger partial charge in [0.05, 0.1) is 31.3 Å². The second-order valence-electron chi connectivity index (χ2n) is 7.55. The maximum Gasteiger partial charge on any atom is 0.234 e. The number of hydrogen-bond acceptors (Lipinski definition) is 7. The molecule has 2 heterocycles. The molecule has 1 saturated heterocycles. The molecular formula is C23H27N5O3S. The van der Waals surface area contributed by atoms with Gasteiger partial charge in [-0.1, -0.05) is 29.5 Å². The largest absolute Gasteiger partial charge is 0.497 e. The summed E-state index contributed by atoms with van der Waals surface area (Å²) in [5, 5.41) is 12.5. The summed E-state index contributed by atoms with van der Waals surface area (Å²) >= 11 is 1.36. The Hall–Kier alpha value is -3.20. The van der Waals surface area contributed by atoms with Crippen LogP contribution >= 0.6 is 11.8 Å². The summed E-state index contributed by atoms with van der Waals surface area (Å²) in [6.45, 7) is 3.99. The van der Waals surface area contributed by atoms with Crippen LogP contribution in [0.15, 0.2) is 47.6 Å². The number of benzene rings is 2. The van der Waals surface area contributed by atoms with Crippen LogP contribution in [0, 0.1) is 6.92 Å². The Morgan fingerprint density at radius 1 is 1.06 bits per heavy atom. The van der Waals surface area contributed by atoms with Crippen LogP contribution in [0.2, 0.25) is 0 Å². The van der Waals surface area contributed by atoms with Gasteiger partial charge in [0.25, 0.3) is 0 Å². The lowest BCUT2D eigenvalue weighted by Gasteiger charge is -2.18. The normalized spacial score (nSPS) is 13.3. The highest BCUT2D eigenvalue weighted by Gasteiger charge is 2.23. The minimum Gasteiger partial charge on any atom is -0.497 e. The van der Waals surface area contributed by atoms with E-state index in [0.29, 0.717) is 22.3 Å². The Balaban J connectivity index is 1.52. The van der Waals surface area contributed by atoms with Crippen molar-refractivity contribution in [3.05, 3.63) is 48.0 Å². The molecule has 0 radical (unpaired) electrons. The lowest BCUT2D eigenvalue weighted by atomic mass is 10.2. The molecule has 0 aliphatic carbocycles. The van der Waals surface area contributed by atoms with E-state index in [1.807, 2.05) is 4.57 Å². The highest BCUT2D eigenvalue weighted by molar-refractivity contribution is 7.99. The number of nitrogens with one attached hydrogen (secondary N) is 1. The summed E-state index contributed by atoms with van der Waals surface area (Å²) in [5.41, 5.74) is 2.77. The first-order valence-electron chi connectivity index (χ1n) is 10.5. The fourth-order valence-corrected chi connectivity index (χ4v) is 4.36. The van der Waals surface area contributed by atoms with Crippen molar-refractivity contribution in [1.82, 2.24) is 14.8 Å². The topological polar surface area (TPSA) is 81.5 Å². The molecule has 8 nitrogen and oxygen atoms in total. The first kappa shape index (κ1) is 22.0. The first-order valence-corrected chi connectivity index (χ1v) is 11.5. The highest BCUT2D eigenvalue weighted by Crippen LogP contribution is 2.31. The molecule has 1 fully saturated rings. The van der Waals surface area contributed by atoms with Crippen LogP contribution in [-0.2, 0) is 4.79 Å². The lowest BCUT2D eigenvalue weighted by molar-refractivity contribution is -0.113. The fourth-order valence-electron chi connectivity index (χ4n) is 3.62. The molecule has 1 aliphatic heterocycles. The van der Waals surface area contributed by atoms with Gasteiger partial charge in [-0.2, -0.15) is 0 Å². The SMILES string of the molecule is COc1ccc(NC(=O)CSc2nnc(N3CCCC3)n2-c2ccc(C)cc2)c(OC)c1. The van der Waals surface area contributed by atoms with Gasteiger partial charge in [-0.05, 0) is 44.0 Å². The van der Waals surface area contributed by atoms with Crippen molar-refractivity contribution in [2.45, 2.75) is 24.9 Å². The number of anilines is 2. The molecule has 0 spiro atoms. The molecule has 0 saturated carbocycles. The van der Waals surface area contributed by atoms with E-state index in [0.717, 1.165) is 37.6 Å². The van der Waals surface area contributed by atoms with Crippen molar-refractivity contribution in [2.24, 2.45) is 0 Å². The molecule has 3 aromatic rings. The third-order valence-corrected chi connectivity index (χ3v) is 6.24. The Labute approximate surface area is 191 Å². The number of nitrogens with zero attached hydrogens (tertiary/aromatic N) is 4. The number of aryl methyl sites for hydroxylation is 1. The van der Waals surface area contributed by atoms with E-state index in [-0.39, 0.29) is 11.7 Å². The molecular weight excluding hydrogens is 426 g/mol. The minimum atomic E-state index is -0.153. The van der Waals surface area contributed by atoms with E-state index in [1.165, 1.54) is 17.3 Å². The van der Waals surface area contributed by atoms with E-state index >= 15 is 0 Å². The van der Waals surface area contributed by atoms with Crippen LogP contribution in [0.5, 0.6) is 11.5 Å². The monoisotopic (exact) mass is 453 g/mol. The van der Waals surface area contributed by atoms with E-state index in [4.69, 9.17) is 9.47 Å². The quantitative estimate of drug-likeness (QED) is 0.518. The van der Waals surface area contributed by atoms with E-state index in [1.54, 1.807) is 32.4 Å². The highest BCUT2D eigenvalue weighted by atomic mass is 32.2.